The van der Waals surface area contributed by atoms with E-state index in [-0.39, 0.29) is 30.1 Å². The van der Waals surface area contributed by atoms with Crippen LogP contribution >= 0.6 is 24.0 Å². The van der Waals surface area contributed by atoms with Gasteiger partial charge in [0.1, 0.15) is 6.10 Å². The van der Waals surface area contributed by atoms with E-state index in [9.17, 15) is 0 Å². The molecule has 0 aromatic carbocycles. The number of hydrogen-bond acceptors (Lipinski definition) is 4. The molecule has 3 rings (SSSR count). The smallest absolute Gasteiger partial charge is 0.213 e. The molecule has 2 aliphatic rings. The largest absolute Gasteiger partial charge is 0.472 e. The van der Waals surface area contributed by atoms with E-state index in [0.717, 1.165) is 38.6 Å². The molecule has 0 amide bonds. The van der Waals surface area contributed by atoms with Crippen molar-refractivity contribution in [2.24, 2.45) is 4.99 Å². The molecule has 1 aromatic rings. The Hall–Kier alpha value is -1.09. The second-order valence-electron chi connectivity index (χ2n) is 6.17. The summed E-state index contributed by atoms with van der Waals surface area (Å²) in [6.45, 7) is 6.37. The maximum atomic E-state index is 5.94. The molecular weight excluding hydrogens is 417 g/mol. The van der Waals surface area contributed by atoms with Crippen LogP contribution in [0.5, 0.6) is 5.88 Å². The SMILES string of the molecule is CN=C(NCCN1CCCC1)N1CCC(Oc2ccccn2)C1.I. The van der Waals surface area contributed by atoms with Crippen LogP contribution in [0, 0.1) is 0 Å². The van der Waals surface area contributed by atoms with Gasteiger partial charge in [-0.1, -0.05) is 6.07 Å². The average Bonchev–Trinajstić information content (AvgIpc) is 3.25. The summed E-state index contributed by atoms with van der Waals surface area (Å²) < 4.78 is 5.94. The molecule has 2 saturated heterocycles. The minimum atomic E-state index is 0. The zero-order valence-electron chi connectivity index (χ0n) is 14.4. The van der Waals surface area contributed by atoms with E-state index in [1.54, 1.807) is 6.20 Å². The van der Waals surface area contributed by atoms with Crippen molar-refractivity contribution in [1.82, 2.24) is 20.1 Å². The van der Waals surface area contributed by atoms with Crippen LogP contribution in [0.25, 0.3) is 0 Å². The third-order valence-corrected chi connectivity index (χ3v) is 4.49. The van der Waals surface area contributed by atoms with Gasteiger partial charge < -0.3 is 19.9 Å². The van der Waals surface area contributed by atoms with Crippen LogP contribution in [0.4, 0.5) is 0 Å². The van der Waals surface area contributed by atoms with Gasteiger partial charge in [0.15, 0.2) is 5.96 Å². The van der Waals surface area contributed by atoms with Crippen LogP contribution in [-0.4, -0.2) is 73.2 Å². The van der Waals surface area contributed by atoms with E-state index in [1.165, 1.54) is 25.9 Å². The standard InChI is InChI=1S/C17H27N5O.HI/c1-18-17(20-9-13-21-10-4-5-11-21)22-12-7-15(14-22)23-16-6-2-3-8-19-16;/h2-3,6,8,15H,4-5,7,9-14H2,1H3,(H,18,20);1H. The average molecular weight is 445 g/mol. The second kappa shape index (κ2) is 10.0. The Morgan fingerprint density at radius 3 is 2.88 bits per heavy atom. The molecule has 1 atom stereocenters. The number of pyridine rings is 1. The predicted octanol–water partition coefficient (Wildman–Crippen LogP) is 1.82. The molecule has 2 aliphatic heterocycles. The molecule has 1 unspecified atom stereocenters. The zero-order chi connectivity index (χ0) is 15.9. The number of halogens is 1. The molecule has 1 aromatic heterocycles. The molecule has 0 radical (unpaired) electrons. The molecule has 0 aliphatic carbocycles. The van der Waals surface area contributed by atoms with E-state index >= 15 is 0 Å². The first-order valence-corrected chi connectivity index (χ1v) is 8.61. The molecule has 1 N–H and O–H groups in total. The Kier molecular flexibility index (Phi) is 8.04. The monoisotopic (exact) mass is 445 g/mol. The summed E-state index contributed by atoms with van der Waals surface area (Å²) in [4.78, 5) is 13.4. The minimum Gasteiger partial charge on any atom is -0.472 e. The fourth-order valence-electron chi connectivity index (χ4n) is 3.27. The number of aliphatic imine (C=N–C) groups is 1. The summed E-state index contributed by atoms with van der Waals surface area (Å²) in [5, 5.41) is 3.49. The van der Waals surface area contributed by atoms with Crippen LogP contribution in [0.15, 0.2) is 29.4 Å². The third kappa shape index (κ3) is 5.47. The van der Waals surface area contributed by atoms with Gasteiger partial charge in [0.2, 0.25) is 5.88 Å². The number of aromatic nitrogens is 1. The normalized spacial score (nSPS) is 21.6. The summed E-state index contributed by atoms with van der Waals surface area (Å²) in [5.74, 6) is 1.69. The van der Waals surface area contributed by atoms with Crippen LogP contribution in [0.3, 0.4) is 0 Å². The number of nitrogens with zero attached hydrogens (tertiary/aromatic N) is 4. The van der Waals surface area contributed by atoms with Gasteiger partial charge >= 0.3 is 0 Å². The van der Waals surface area contributed by atoms with Crippen molar-refractivity contribution in [3.8, 4) is 5.88 Å². The van der Waals surface area contributed by atoms with Crippen molar-refractivity contribution in [1.29, 1.82) is 0 Å². The highest BCUT2D eigenvalue weighted by Crippen LogP contribution is 2.16. The van der Waals surface area contributed by atoms with Gasteiger partial charge in [-0.3, -0.25) is 4.99 Å². The summed E-state index contributed by atoms with van der Waals surface area (Å²) in [7, 11) is 1.85. The van der Waals surface area contributed by atoms with Crippen molar-refractivity contribution in [3.63, 3.8) is 0 Å². The van der Waals surface area contributed by atoms with Crippen molar-refractivity contribution < 1.29 is 4.74 Å². The van der Waals surface area contributed by atoms with E-state index < -0.39 is 0 Å². The first-order chi connectivity index (χ1) is 11.3. The van der Waals surface area contributed by atoms with Gasteiger partial charge in [0, 0.05) is 45.4 Å². The molecule has 7 heteroatoms. The number of guanidine groups is 1. The molecule has 0 bridgehead atoms. The Balaban J connectivity index is 0.00000208. The zero-order valence-corrected chi connectivity index (χ0v) is 16.7. The third-order valence-electron chi connectivity index (χ3n) is 4.49. The van der Waals surface area contributed by atoms with Gasteiger partial charge in [-0.2, -0.15) is 0 Å². The quantitative estimate of drug-likeness (QED) is 0.426. The van der Waals surface area contributed by atoms with Crippen molar-refractivity contribution >= 4 is 29.9 Å². The maximum Gasteiger partial charge on any atom is 0.213 e. The first kappa shape index (κ1) is 19.2. The topological polar surface area (TPSA) is 53.0 Å². The predicted molar refractivity (Wildman–Crippen MR) is 107 cm³/mol. The van der Waals surface area contributed by atoms with Gasteiger partial charge in [-0.05, 0) is 32.0 Å². The lowest BCUT2D eigenvalue weighted by atomic mass is 10.3. The Labute approximate surface area is 161 Å². The number of hydrogen-bond donors (Lipinski definition) is 1. The minimum absolute atomic E-state index is 0. The highest BCUT2D eigenvalue weighted by molar-refractivity contribution is 14.0. The number of likely N-dealkylation sites (tertiary alicyclic amines) is 2. The van der Waals surface area contributed by atoms with Crippen LogP contribution < -0.4 is 10.1 Å². The number of rotatable bonds is 5. The fraction of sp³-hybridized carbons (Fsp3) is 0.647. The highest BCUT2D eigenvalue weighted by atomic mass is 127. The molecule has 0 spiro atoms. The number of ether oxygens (including phenoxy) is 1. The summed E-state index contributed by atoms with van der Waals surface area (Å²) >= 11 is 0. The molecular formula is C17H28IN5O. The molecule has 24 heavy (non-hydrogen) atoms. The lowest BCUT2D eigenvalue weighted by Crippen LogP contribution is -2.43. The van der Waals surface area contributed by atoms with Crippen LogP contribution in [0.1, 0.15) is 19.3 Å². The van der Waals surface area contributed by atoms with Crippen LogP contribution in [0.2, 0.25) is 0 Å². The fourth-order valence-corrected chi connectivity index (χ4v) is 3.27. The Bertz CT molecular complexity index is 507. The highest BCUT2D eigenvalue weighted by Gasteiger charge is 2.26. The van der Waals surface area contributed by atoms with Gasteiger partial charge in [0.25, 0.3) is 0 Å². The van der Waals surface area contributed by atoms with Gasteiger partial charge in [0.05, 0.1) is 6.54 Å². The molecule has 0 saturated carbocycles. The molecule has 134 valence electrons. The lowest BCUT2D eigenvalue weighted by Gasteiger charge is -2.23. The lowest BCUT2D eigenvalue weighted by molar-refractivity contribution is 0.205. The van der Waals surface area contributed by atoms with E-state index in [2.05, 4.69) is 25.1 Å². The van der Waals surface area contributed by atoms with Gasteiger partial charge in [-0.15, -0.1) is 24.0 Å². The Morgan fingerprint density at radius 1 is 1.33 bits per heavy atom. The van der Waals surface area contributed by atoms with Crippen molar-refractivity contribution in [2.75, 3.05) is 46.3 Å². The van der Waals surface area contributed by atoms with E-state index in [4.69, 9.17) is 4.74 Å². The number of nitrogens with one attached hydrogen (secondary N) is 1. The Morgan fingerprint density at radius 2 is 2.17 bits per heavy atom. The molecule has 6 nitrogen and oxygen atoms in total. The maximum absolute atomic E-state index is 5.94. The summed E-state index contributed by atoms with van der Waals surface area (Å²) in [5.41, 5.74) is 0. The molecule has 3 heterocycles. The first-order valence-electron chi connectivity index (χ1n) is 8.61. The van der Waals surface area contributed by atoms with Crippen molar-refractivity contribution in [3.05, 3.63) is 24.4 Å². The molecule has 2 fully saturated rings. The summed E-state index contributed by atoms with van der Waals surface area (Å²) in [6, 6.07) is 5.76. The van der Waals surface area contributed by atoms with Crippen LogP contribution in [-0.2, 0) is 0 Å². The van der Waals surface area contributed by atoms with E-state index in [1.807, 2.05) is 25.2 Å². The summed E-state index contributed by atoms with van der Waals surface area (Å²) in [6.07, 6.45) is 5.63. The van der Waals surface area contributed by atoms with Gasteiger partial charge in [-0.25, -0.2) is 4.98 Å². The second-order valence-corrected chi connectivity index (χ2v) is 6.17. The van der Waals surface area contributed by atoms with E-state index in [0.29, 0.717) is 5.88 Å². The van der Waals surface area contributed by atoms with Crippen molar-refractivity contribution in [2.45, 2.75) is 25.4 Å².